The minimum absolute atomic E-state index is 0.0426. The van der Waals surface area contributed by atoms with Crippen LogP contribution in [0.4, 0.5) is 13.2 Å². The van der Waals surface area contributed by atoms with Crippen LogP contribution in [0.25, 0.3) is 22.5 Å². The second-order valence-electron chi connectivity index (χ2n) is 8.10. The first-order valence-corrected chi connectivity index (χ1v) is 10.3. The van der Waals surface area contributed by atoms with Gasteiger partial charge in [0.05, 0.1) is 29.3 Å². The fourth-order valence-corrected chi connectivity index (χ4v) is 3.82. The molecular formula is C23H23F3N4O3. The van der Waals surface area contributed by atoms with Crippen LogP contribution >= 0.6 is 0 Å². The molecule has 174 valence electrons. The molecule has 4 aromatic rings. The Morgan fingerprint density at radius 2 is 1.82 bits per heavy atom. The monoisotopic (exact) mass is 460 g/mol. The summed E-state index contributed by atoms with van der Waals surface area (Å²) in [5, 5.41) is 4.01. The number of hydrogen-bond donors (Lipinski definition) is 0. The molecule has 0 amide bonds. The lowest BCUT2D eigenvalue weighted by molar-refractivity contribution is -0.136. The summed E-state index contributed by atoms with van der Waals surface area (Å²) in [5.74, 6) is 1.52. The molecule has 0 fully saturated rings. The van der Waals surface area contributed by atoms with Crippen LogP contribution in [0, 0.1) is 13.8 Å². The SMILES string of the molecule is Cc1oc(-c2ccc(OC(C)C)cc2)nc1Cn1c(=O)cc(C(F)(F)F)c2c(C)nn(C)c21. The maximum atomic E-state index is 13.6. The zero-order valence-corrected chi connectivity index (χ0v) is 18.8. The first kappa shape index (κ1) is 22.6. The number of fused-ring (bicyclic) bond motifs is 1. The standard InChI is InChI=1S/C23H23F3N4O3/c1-12(2)32-16-8-6-15(7-9-16)21-27-18(14(4)33-21)11-30-19(31)10-17(23(24,25)26)20-13(3)28-29(5)22(20)30/h6-10,12H,11H2,1-5H3. The minimum Gasteiger partial charge on any atom is -0.491 e. The molecule has 0 unspecified atom stereocenters. The van der Waals surface area contributed by atoms with E-state index in [1.54, 1.807) is 31.2 Å². The third-order valence-electron chi connectivity index (χ3n) is 5.23. The predicted molar refractivity (Wildman–Crippen MR) is 116 cm³/mol. The molecule has 0 aliphatic heterocycles. The highest BCUT2D eigenvalue weighted by atomic mass is 19.4. The van der Waals surface area contributed by atoms with Crippen molar-refractivity contribution in [1.29, 1.82) is 0 Å². The van der Waals surface area contributed by atoms with Gasteiger partial charge in [0, 0.05) is 18.7 Å². The van der Waals surface area contributed by atoms with E-state index in [-0.39, 0.29) is 29.4 Å². The highest BCUT2D eigenvalue weighted by Crippen LogP contribution is 2.35. The van der Waals surface area contributed by atoms with Crippen LogP contribution < -0.4 is 10.3 Å². The molecule has 0 aliphatic carbocycles. The summed E-state index contributed by atoms with van der Waals surface area (Å²) in [4.78, 5) is 17.2. The van der Waals surface area contributed by atoms with Crippen molar-refractivity contribution in [3.8, 4) is 17.2 Å². The minimum atomic E-state index is -4.67. The number of alkyl halides is 3. The van der Waals surface area contributed by atoms with E-state index in [0.717, 1.165) is 0 Å². The van der Waals surface area contributed by atoms with Crippen molar-refractivity contribution in [1.82, 2.24) is 19.3 Å². The zero-order valence-electron chi connectivity index (χ0n) is 18.8. The molecule has 0 atom stereocenters. The molecule has 7 nitrogen and oxygen atoms in total. The lowest BCUT2D eigenvalue weighted by atomic mass is 10.1. The third kappa shape index (κ3) is 4.24. The van der Waals surface area contributed by atoms with Gasteiger partial charge >= 0.3 is 6.18 Å². The highest BCUT2D eigenvalue weighted by Gasteiger charge is 2.36. The lowest BCUT2D eigenvalue weighted by Gasteiger charge is -2.13. The van der Waals surface area contributed by atoms with Crippen LogP contribution in [0.5, 0.6) is 5.75 Å². The molecule has 10 heteroatoms. The molecule has 1 aromatic carbocycles. The van der Waals surface area contributed by atoms with Crippen molar-refractivity contribution in [2.75, 3.05) is 0 Å². The molecule has 0 saturated heterocycles. The summed E-state index contributed by atoms with van der Waals surface area (Å²) < 4.78 is 54.7. The average Bonchev–Trinajstić information content (AvgIpc) is 3.22. The van der Waals surface area contributed by atoms with Crippen molar-refractivity contribution >= 4 is 11.0 Å². The molecule has 3 heterocycles. The molecule has 0 saturated carbocycles. The van der Waals surface area contributed by atoms with Gasteiger partial charge in [0.25, 0.3) is 5.56 Å². The molecule has 3 aromatic heterocycles. The fraction of sp³-hybridized carbons (Fsp3) is 0.348. The Hall–Kier alpha value is -3.56. The second kappa shape index (κ2) is 8.09. The van der Waals surface area contributed by atoms with Crippen molar-refractivity contribution in [2.45, 2.75) is 46.5 Å². The fourth-order valence-electron chi connectivity index (χ4n) is 3.82. The summed E-state index contributed by atoms with van der Waals surface area (Å²) in [6, 6.07) is 7.83. The number of rotatable bonds is 5. The number of aromatic nitrogens is 4. The number of hydrogen-bond acceptors (Lipinski definition) is 5. The molecule has 0 spiro atoms. The van der Waals surface area contributed by atoms with Crippen molar-refractivity contribution in [3.63, 3.8) is 0 Å². The molecule has 0 aliphatic rings. The van der Waals surface area contributed by atoms with Crippen molar-refractivity contribution in [3.05, 3.63) is 63.4 Å². The number of pyridine rings is 1. The van der Waals surface area contributed by atoms with Gasteiger partial charge in [-0.3, -0.25) is 14.0 Å². The Kier molecular flexibility index (Phi) is 5.55. The van der Waals surface area contributed by atoms with Crippen molar-refractivity contribution < 1.29 is 22.3 Å². The maximum absolute atomic E-state index is 13.6. The number of nitrogens with zero attached hydrogens (tertiary/aromatic N) is 4. The maximum Gasteiger partial charge on any atom is 0.417 e. The van der Waals surface area contributed by atoms with Gasteiger partial charge in [0.15, 0.2) is 0 Å². The van der Waals surface area contributed by atoms with Gasteiger partial charge in [-0.2, -0.15) is 18.3 Å². The van der Waals surface area contributed by atoms with Gasteiger partial charge in [-0.05, 0) is 52.0 Å². The average molecular weight is 460 g/mol. The van der Waals surface area contributed by atoms with E-state index in [4.69, 9.17) is 9.15 Å². The first-order valence-electron chi connectivity index (χ1n) is 10.3. The topological polar surface area (TPSA) is 75.1 Å². The van der Waals surface area contributed by atoms with Gasteiger partial charge in [0.2, 0.25) is 5.89 Å². The molecule has 4 rings (SSSR count). The Morgan fingerprint density at radius 3 is 2.42 bits per heavy atom. The van der Waals surface area contributed by atoms with Crippen LogP contribution in [0.15, 0.2) is 39.5 Å². The van der Waals surface area contributed by atoms with Gasteiger partial charge < -0.3 is 9.15 Å². The van der Waals surface area contributed by atoms with Crippen molar-refractivity contribution in [2.24, 2.45) is 7.05 Å². The summed E-state index contributed by atoms with van der Waals surface area (Å²) in [7, 11) is 1.51. The predicted octanol–water partition coefficient (Wildman–Crippen LogP) is 4.86. The van der Waals surface area contributed by atoms with E-state index in [1.807, 2.05) is 13.8 Å². The largest absolute Gasteiger partial charge is 0.491 e. The smallest absolute Gasteiger partial charge is 0.417 e. The summed E-state index contributed by atoms with van der Waals surface area (Å²) in [6.45, 7) is 6.99. The normalized spacial score (nSPS) is 12.2. The van der Waals surface area contributed by atoms with E-state index in [1.165, 1.54) is 23.2 Å². The summed E-state index contributed by atoms with van der Waals surface area (Å²) in [5.41, 5.74) is -0.375. The van der Waals surface area contributed by atoms with E-state index in [9.17, 15) is 18.0 Å². The van der Waals surface area contributed by atoms with Gasteiger partial charge in [-0.25, -0.2) is 4.98 Å². The van der Waals surface area contributed by atoms with Gasteiger partial charge in [-0.1, -0.05) is 0 Å². The first-order chi connectivity index (χ1) is 15.5. The molecule has 0 N–H and O–H groups in total. The van der Waals surface area contributed by atoms with Crippen LogP contribution in [0.1, 0.15) is 36.6 Å². The van der Waals surface area contributed by atoms with Gasteiger partial charge in [-0.15, -0.1) is 0 Å². The summed E-state index contributed by atoms with van der Waals surface area (Å²) >= 11 is 0. The Bertz CT molecular complexity index is 1380. The van der Waals surface area contributed by atoms with E-state index >= 15 is 0 Å². The van der Waals surface area contributed by atoms with Crippen LogP contribution in [-0.4, -0.2) is 25.4 Å². The van der Waals surface area contributed by atoms with Crippen LogP contribution in [-0.2, 0) is 19.8 Å². The third-order valence-corrected chi connectivity index (χ3v) is 5.23. The number of benzene rings is 1. The number of oxazole rings is 1. The number of aryl methyl sites for hydroxylation is 3. The molecule has 0 bridgehead atoms. The quantitative estimate of drug-likeness (QED) is 0.425. The number of halogens is 3. The zero-order chi connectivity index (χ0) is 24.1. The van der Waals surface area contributed by atoms with E-state index < -0.39 is 17.3 Å². The van der Waals surface area contributed by atoms with E-state index in [0.29, 0.717) is 34.7 Å². The highest BCUT2D eigenvalue weighted by molar-refractivity contribution is 5.83. The van der Waals surface area contributed by atoms with Crippen LogP contribution in [0.3, 0.4) is 0 Å². The molecule has 0 radical (unpaired) electrons. The Labute approximate surface area is 187 Å². The Balaban J connectivity index is 1.75. The summed E-state index contributed by atoms with van der Waals surface area (Å²) in [6.07, 6.45) is -4.63. The number of ether oxygens (including phenoxy) is 1. The second-order valence-corrected chi connectivity index (χ2v) is 8.10. The Morgan fingerprint density at radius 1 is 1.15 bits per heavy atom. The lowest BCUT2D eigenvalue weighted by Crippen LogP contribution is -2.25. The van der Waals surface area contributed by atoms with E-state index in [2.05, 4.69) is 10.1 Å². The van der Waals surface area contributed by atoms with Gasteiger partial charge in [0.1, 0.15) is 22.9 Å². The molecular weight excluding hydrogens is 437 g/mol. The molecule has 33 heavy (non-hydrogen) atoms. The van der Waals surface area contributed by atoms with Crippen LogP contribution in [0.2, 0.25) is 0 Å².